The Morgan fingerprint density at radius 1 is 0.944 bits per heavy atom. The molecule has 0 unspecified atom stereocenters. The fraction of sp³-hybridized carbons (Fsp3) is 0. The molecule has 18 heavy (non-hydrogen) atoms. The van der Waals surface area contributed by atoms with Crippen molar-refractivity contribution >= 4 is 16.6 Å². The zero-order valence-corrected chi connectivity index (χ0v) is 9.60. The van der Waals surface area contributed by atoms with Gasteiger partial charge in [0.1, 0.15) is 5.82 Å². The molecule has 88 valence electrons. The van der Waals surface area contributed by atoms with E-state index in [1.165, 1.54) is 12.1 Å². The summed E-state index contributed by atoms with van der Waals surface area (Å²) in [5.41, 5.74) is 8.57. The maximum absolute atomic E-state index is 13.3. The molecule has 0 saturated carbocycles. The first kappa shape index (κ1) is 10.7. The van der Waals surface area contributed by atoms with Crippen LogP contribution in [0.1, 0.15) is 0 Å². The van der Waals surface area contributed by atoms with Gasteiger partial charge in [0.15, 0.2) is 0 Å². The van der Waals surface area contributed by atoms with Gasteiger partial charge in [-0.15, -0.1) is 0 Å². The van der Waals surface area contributed by atoms with Gasteiger partial charge in [-0.3, -0.25) is 0 Å². The molecule has 1 aromatic heterocycles. The average molecular weight is 238 g/mol. The summed E-state index contributed by atoms with van der Waals surface area (Å²) in [4.78, 5) is 4.50. The van der Waals surface area contributed by atoms with E-state index in [0.29, 0.717) is 16.9 Å². The Balaban J connectivity index is 2.22. The van der Waals surface area contributed by atoms with Gasteiger partial charge in [0, 0.05) is 16.6 Å². The highest BCUT2D eigenvalue weighted by molar-refractivity contribution is 5.83. The third kappa shape index (κ3) is 1.80. The number of hydrogen-bond acceptors (Lipinski definition) is 2. The Morgan fingerprint density at radius 3 is 2.67 bits per heavy atom. The maximum atomic E-state index is 13.3. The standard InChI is InChI=1S/C15H11FN2/c16-11-6-7-13(17)12(9-11)15-8-5-10-3-1-2-4-14(10)18-15/h1-9H,17H2. The minimum atomic E-state index is -0.311. The van der Waals surface area contributed by atoms with Crippen LogP contribution in [0.4, 0.5) is 10.1 Å². The third-order valence-electron chi connectivity index (χ3n) is 2.89. The van der Waals surface area contributed by atoms with Crippen molar-refractivity contribution in [2.75, 3.05) is 5.73 Å². The summed E-state index contributed by atoms with van der Waals surface area (Å²) in [7, 11) is 0. The molecular formula is C15H11FN2. The highest BCUT2D eigenvalue weighted by Crippen LogP contribution is 2.26. The molecule has 0 aliphatic carbocycles. The molecule has 0 spiro atoms. The number of fused-ring (bicyclic) bond motifs is 1. The highest BCUT2D eigenvalue weighted by atomic mass is 19.1. The SMILES string of the molecule is Nc1ccc(F)cc1-c1ccc2ccccc2n1. The fourth-order valence-electron chi connectivity index (χ4n) is 1.97. The normalized spacial score (nSPS) is 10.7. The van der Waals surface area contributed by atoms with Crippen LogP contribution in [-0.2, 0) is 0 Å². The third-order valence-corrected chi connectivity index (χ3v) is 2.89. The number of anilines is 1. The number of aromatic nitrogens is 1. The molecule has 2 nitrogen and oxygen atoms in total. The monoisotopic (exact) mass is 238 g/mol. The number of nitrogens with zero attached hydrogens (tertiary/aromatic N) is 1. The molecule has 0 amide bonds. The van der Waals surface area contributed by atoms with Crippen molar-refractivity contribution in [3.63, 3.8) is 0 Å². The van der Waals surface area contributed by atoms with Gasteiger partial charge in [-0.1, -0.05) is 24.3 Å². The molecule has 0 fully saturated rings. The first-order valence-corrected chi connectivity index (χ1v) is 5.65. The van der Waals surface area contributed by atoms with Crippen molar-refractivity contribution in [1.82, 2.24) is 4.98 Å². The topological polar surface area (TPSA) is 38.9 Å². The van der Waals surface area contributed by atoms with Gasteiger partial charge in [-0.2, -0.15) is 0 Å². The number of benzene rings is 2. The number of nitrogen functional groups attached to an aromatic ring is 1. The average Bonchev–Trinajstić information content (AvgIpc) is 2.41. The molecule has 0 aliphatic heterocycles. The van der Waals surface area contributed by atoms with Gasteiger partial charge in [-0.05, 0) is 30.3 Å². The number of nitrogens with two attached hydrogens (primary N) is 1. The predicted octanol–water partition coefficient (Wildman–Crippen LogP) is 3.62. The summed E-state index contributed by atoms with van der Waals surface area (Å²) in [5, 5.41) is 1.05. The zero-order chi connectivity index (χ0) is 12.5. The van der Waals surface area contributed by atoms with Crippen LogP contribution in [-0.4, -0.2) is 4.98 Å². The lowest BCUT2D eigenvalue weighted by Crippen LogP contribution is -1.93. The summed E-state index contributed by atoms with van der Waals surface area (Å²) >= 11 is 0. The molecule has 0 bridgehead atoms. The van der Waals surface area contributed by atoms with Crippen LogP contribution in [0.5, 0.6) is 0 Å². The van der Waals surface area contributed by atoms with Crippen molar-refractivity contribution in [1.29, 1.82) is 0 Å². The molecule has 0 radical (unpaired) electrons. The zero-order valence-electron chi connectivity index (χ0n) is 9.60. The Hall–Kier alpha value is -2.42. The van der Waals surface area contributed by atoms with Gasteiger partial charge in [0.2, 0.25) is 0 Å². The lowest BCUT2D eigenvalue weighted by atomic mass is 10.1. The molecular weight excluding hydrogens is 227 g/mol. The van der Waals surface area contributed by atoms with E-state index in [1.807, 2.05) is 36.4 Å². The van der Waals surface area contributed by atoms with Crippen molar-refractivity contribution in [3.8, 4) is 11.3 Å². The minimum Gasteiger partial charge on any atom is -0.398 e. The second-order valence-corrected chi connectivity index (χ2v) is 4.12. The van der Waals surface area contributed by atoms with E-state index < -0.39 is 0 Å². The molecule has 3 aromatic rings. The van der Waals surface area contributed by atoms with E-state index in [4.69, 9.17) is 5.73 Å². The van der Waals surface area contributed by atoms with Crippen molar-refractivity contribution in [2.24, 2.45) is 0 Å². The summed E-state index contributed by atoms with van der Waals surface area (Å²) in [6, 6.07) is 15.9. The van der Waals surface area contributed by atoms with Crippen LogP contribution < -0.4 is 5.73 Å². The lowest BCUT2D eigenvalue weighted by molar-refractivity contribution is 0.628. The van der Waals surface area contributed by atoms with Crippen LogP contribution in [0.15, 0.2) is 54.6 Å². The van der Waals surface area contributed by atoms with Gasteiger partial charge in [0.05, 0.1) is 11.2 Å². The van der Waals surface area contributed by atoms with Gasteiger partial charge in [-0.25, -0.2) is 9.37 Å². The van der Waals surface area contributed by atoms with Gasteiger partial charge >= 0.3 is 0 Å². The number of hydrogen-bond donors (Lipinski definition) is 1. The Morgan fingerprint density at radius 2 is 1.78 bits per heavy atom. The Labute approximate surface area is 104 Å². The van der Waals surface area contributed by atoms with Crippen LogP contribution in [0, 0.1) is 5.82 Å². The largest absolute Gasteiger partial charge is 0.398 e. The van der Waals surface area contributed by atoms with E-state index >= 15 is 0 Å². The van der Waals surface area contributed by atoms with E-state index in [-0.39, 0.29) is 5.82 Å². The second-order valence-electron chi connectivity index (χ2n) is 4.12. The number of halogens is 1. The quantitative estimate of drug-likeness (QED) is 0.657. The van der Waals surface area contributed by atoms with Crippen LogP contribution in [0.25, 0.3) is 22.2 Å². The lowest BCUT2D eigenvalue weighted by Gasteiger charge is -2.06. The number of pyridine rings is 1. The summed E-state index contributed by atoms with van der Waals surface area (Å²) < 4.78 is 13.3. The molecule has 0 saturated heterocycles. The molecule has 3 rings (SSSR count). The summed E-state index contributed by atoms with van der Waals surface area (Å²) in [6.07, 6.45) is 0. The minimum absolute atomic E-state index is 0.311. The van der Waals surface area contributed by atoms with E-state index in [1.54, 1.807) is 6.07 Å². The molecule has 0 atom stereocenters. The predicted molar refractivity (Wildman–Crippen MR) is 71.5 cm³/mol. The van der Waals surface area contributed by atoms with Gasteiger partial charge in [0.25, 0.3) is 0 Å². The van der Waals surface area contributed by atoms with Crippen molar-refractivity contribution in [3.05, 3.63) is 60.4 Å². The number of rotatable bonds is 1. The smallest absolute Gasteiger partial charge is 0.124 e. The van der Waals surface area contributed by atoms with Crippen LogP contribution in [0.2, 0.25) is 0 Å². The first-order valence-electron chi connectivity index (χ1n) is 5.65. The first-order chi connectivity index (χ1) is 8.74. The van der Waals surface area contributed by atoms with Crippen molar-refractivity contribution in [2.45, 2.75) is 0 Å². The summed E-state index contributed by atoms with van der Waals surface area (Å²) in [5.74, 6) is -0.311. The van der Waals surface area contributed by atoms with E-state index in [0.717, 1.165) is 10.9 Å². The maximum Gasteiger partial charge on any atom is 0.124 e. The highest BCUT2D eigenvalue weighted by Gasteiger charge is 2.06. The molecule has 0 aliphatic rings. The van der Waals surface area contributed by atoms with Gasteiger partial charge < -0.3 is 5.73 Å². The van der Waals surface area contributed by atoms with Crippen LogP contribution >= 0.6 is 0 Å². The van der Waals surface area contributed by atoms with Crippen LogP contribution in [0.3, 0.4) is 0 Å². The van der Waals surface area contributed by atoms with E-state index in [9.17, 15) is 4.39 Å². The second kappa shape index (κ2) is 4.11. The fourth-order valence-corrected chi connectivity index (χ4v) is 1.97. The molecule has 3 heteroatoms. The Bertz CT molecular complexity index is 723. The molecule has 2 aromatic carbocycles. The van der Waals surface area contributed by atoms with E-state index in [2.05, 4.69) is 4.98 Å². The number of para-hydroxylation sites is 1. The summed E-state index contributed by atoms with van der Waals surface area (Å²) in [6.45, 7) is 0. The Kier molecular flexibility index (Phi) is 2.45. The van der Waals surface area contributed by atoms with Crippen molar-refractivity contribution < 1.29 is 4.39 Å². The molecule has 2 N–H and O–H groups in total. The molecule has 1 heterocycles.